The van der Waals surface area contributed by atoms with E-state index in [-0.39, 0.29) is 5.56 Å². The third kappa shape index (κ3) is 4.66. The van der Waals surface area contributed by atoms with Crippen LogP contribution < -0.4 is 5.32 Å². The Balaban J connectivity index is 1.47. The summed E-state index contributed by atoms with van der Waals surface area (Å²) in [5.41, 5.74) is 0.935. The summed E-state index contributed by atoms with van der Waals surface area (Å²) in [5.74, 6) is 0.468. The first-order chi connectivity index (χ1) is 14.8. The second kappa shape index (κ2) is 8.10. The molecule has 0 aliphatic heterocycles. The van der Waals surface area contributed by atoms with Gasteiger partial charge in [-0.1, -0.05) is 6.07 Å². The van der Waals surface area contributed by atoms with Crippen molar-refractivity contribution in [2.45, 2.75) is 19.6 Å². The molecule has 31 heavy (non-hydrogen) atoms. The summed E-state index contributed by atoms with van der Waals surface area (Å²) in [4.78, 5) is 16.8. The molecule has 9 heteroatoms. The summed E-state index contributed by atoms with van der Waals surface area (Å²) >= 11 is 0. The molecule has 0 aliphatic rings. The van der Waals surface area contributed by atoms with Crippen molar-refractivity contribution in [1.29, 1.82) is 0 Å². The summed E-state index contributed by atoms with van der Waals surface area (Å²) < 4.78 is 46.0. The Morgan fingerprint density at radius 2 is 1.90 bits per heavy atom. The van der Waals surface area contributed by atoms with Gasteiger partial charge in [-0.05, 0) is 55.5 Å². The number of amides is 1. The highest BCUT2D eigenvalue weighted by molar-refractivity contribution is 6.04. The average molecular weight is 426 g/mol. The fraction of sp³-hybridized carbons (Fsp3) is 0.136. The van der Waals surface area contributed by atoms with Gasteiger partial charge in [-0.3, -0.25) is 9.48 Å². The predicted octanol–water partition coefficient (Wildman–Crippen LogP) is 5.17. The highest BCUT2D eigenvalue weighted by Gasteiger charge is 2.30. The van der Waals surface area contributed by atoms with Crippen LogP contribution in [0.25, 0.3) is 11.5 Å². The van der Waals surface area contributed by atoms with Gasteiger partial charge in [-0.15, -0.1) is 0 Å². The maximum absolute atomic E-state index is 12.8. The Morgan fingerprint density at radius 3 is 2.58 bits per heavy atom. The lowest BCUT2D eigenvalue weighted by Crippen LogP contribution is -2.13. The second-order valence-corrected chi connectivity index (χ2v) is 6.84. The molecule has 0 saturated carbocycles. The maximum atomic E-state index is 12.8. The van der Waals surface area contributed by atoms with E-state index in [1.807, 2.05) is 19.2 Å². The molecule has 4 rings (SSSR count). The zero-order chi connectivity index (χ0) is 22.0. The van der Waals surface area contributed by atoms with Gasteiger partial charge in [0.1, 0.15) is 11.5 Å². The SMILES string of the molecule is Cc1oc(-c2ccc(NC(=O)c3cccc(C(F)(F)F)c3)cc2)nc1Cn1cccn1. The van der Waals surface area contributed by atoms with Crippen molar-refractivity contribution >= 4 is 11.6 Å². The number of aryl methyl sites for hydroxylation is 1. The number of nitrogens with one attached hydrogen (secondary N) is 1. The number of halogens is 3. The highest BCUT2D eigenvalue weighted by Crippen LogP contribution is 2.30. The zero-order valence-electron chi connectivity index (χ0n) is 16.3. The Bertz CT molecular complexity index is 1200. The fourth-order valence-electron chi connectivity index (χ4n) is 2.98. The van der Waals surface area contributed by atoms with Gasteiger partial charge in [0.05, 0.1) is 12.1 Å². The number of aromatic nitrogens is 3. The maximum Gasteiger partial charge on any atom is 0.416 e. The van der Waals surface area contributed by atoms with Gasteiger partial charge < -0.3 is 9.73 Å². The Morgan fingerprint density at radius 1 is 1.13 bits per heavy atom. The molecule has 0 saturated heterocycles. The van der Waals surface area contributed by atoms with Gasteiger partial charge in [0.25, 0.3) is 5.91 Å². The van der Waals surface area contributed by atoms with Gasteiger partial charge >= 0.3 is 6.18 Å². The molecular weight excluding hydrogens is 409 g/mol. The molecule has 0 radical (unpaired) electrons. The number of carbonyl (C=O) groups is 1. The van der Waals surface area contributed by atoms with Gasteiger partial charge in [0, 0.05) is 29.2 Å². The molecule has 0 fully saturated rings. The zero-order valence-corrected chi connectivity index (χ0v) is 16.3. The molecule has 0 unspecified atom stereocenters. The summed E-state index contributed by atoms with van der Waals surface area (Å²) in [6.07, 6.45) is -0.999. The average Bonchev–Trinajstić information content (AvgIpc) is 3.38. The van der Waals surface area contributed by atoms with Crippen LogP contribution in [0.3, 0.4) is 0 Å². The van der Waals surface area contributed by atoms with Gasteiger partial charge in [-0.2, -0.15) is 18.3 Å². The van der Waals surface area contributed by atoms with E-state index < -0.39 is 17.6 Å². The summed E-state index contributed by atoms with van der Waals surface area (Å²) in [5, 5.41) is 6.74. The molecule has 1 amide bonds. The summed E-state index contributed by atoms with van der Waals surface area (Å²) in [7, 11) is 0. The second-order valence-electron chi connectivity index (χ2n) is 6.84. The lowest BCUT2D eigenvalue weighted by Gasteiger charge is -2.09. The molecule has 1 N–H and O–H groups in total. The molecule has 0 bridgehead atoms. The molecule has 2 aromatic heterocycles. The van der Waals surface area contributed by atoms with Crippen LogP contribution in [-0.4, -0.2) is 20.7 Å². The number of rotatable bonds is 5. The molecule has 158 valence electrons. The van der Waals surface area contributed by atoms with Crippen LogP contribution in [0, 0.1) is 6.92 Å². The summed E-state index contributed by atoms with van der Waals surface area (Å²) in [6, 6.07) is 12.8. The molecular formula is C22H17F3N4O2. The van der Waals surface area contributed by atoms with E-state index in [1.165, 1.54) is 12.1 Å². The largest absolute Gasteiger partial charge is 0.441 e. The topological polar surface area (TPSA) is 73.0 Å². The van der Waals surface area contributed by atoms with E-state index in [0.717, 1.165) is 17.8 Å². The van der Waals surface area contributed by atoms with Crippen molar-refractivity contribution in [3.05, 3.63) is 89.6 Å². The van der Waals surface area contributed by atoms with Crippen molar-refractivity contribution in [3.8, 4) is 11.5 Å². The van der Waals surface area contributed by atoms with E-state index in [2.05, 4.69) is 15.4 Å². The van der Waals surface area contributed by atoms with Crippen LogP contribution >= 0.6 is 0 Å². The van der Waals surface area contributed by atoms with Gasteiger partial charge in [0.2, 0.25) is 5.89 Å². The van der Waals surface area contributed by atoms with Crippen LogP contribution in [0.2, 0.25) is 0 Å². The number of oxazole rings is 1. The Hall–Kier alpha value is -3.88. The van der Waals surface area contributed by atoms with Crippen LogP contribution in [-0.2, 0) is 12.7 Å². The van der Waals surface area contributed by atoms with Crippen molar-refractivity contribution in [2.24, 2.45) is 0 Å². The highest BCUT2D eigenvalue weighted by atomic mass is 19.4. The fourth-order valence-corrected chi connectivity index (χ4v) is 2.98. The number of anilines is 1. The molecule has 4 aromatic rings. The third-order valence-electron chi connectivity index (χ3n) is 4.61. The Labute approximate surface area is 175 Å². The monoisotopic (exact) mass is 426 g/mol. The third-order valence-corrected chi connectivity index (χ3v) is 4.61. The number of benzene rings is 2. The smallest absolute Gasteiger partial charge is 0.416 e. The normalized spacial score (nSPS) is 11.5. The molecule has 6 nitrogen and oxygen atoms in total. The van der Waals surface area contributed by atoms with E-state index >= 15 is 0 Å². The number of alkyl halides is 3. The van der Waals surface area contributed by atoms with E-state index in [4.69, 9.17) is 4.42 Å². The summed E-state index contributed by atoms with van der Waals surface area (Å²) in [6.45, 7) is 2.30. The molecule has 2 heterocycles. The number of hydrogen-bond donors (Lipinski definition) is 1. The first-order valence-corrected chi connectivity index (χ1v) is 9.32. The molecule has 2 aromatic carbocycles. The quantitative estimate of drug-likeness (QED) is 0.478. The van der Waals surface area contributed by atoms with Crippen molar-refractivity contribution < 1.29 is 22.4 Å². The predicted molar refractivity (Wildman–Crippen MR) is 107 cm³/mol. The minimum absolute atomic E-state index is 0.0782. The van der Waals surface area contributed by atoms with Crippen LogP contribution in [0.4, 0.5) is 18.9 Å². The van der Waals surface area contributed by atoms with E-state index in [9.17, 15) is 18.0 Å². The molecule has 0 spiro atoms. The van der Waals surface area contributed by atoms with E-state index in [0.29, 0.717) is 29.4 Å². The van der Waals surface area contributed by atoms with Crippen molar-refractivity contribution in [1.82, 2.24) is 14.8 Å². The van der Waals surface area contributed by atoms with Crippen LogP contribution in [0.15, 0.2) is 71.4 Å². The van der Waals surface area contributed by atoms with Crippen molar-refractivity contribution in [3.63, 3.8) is 0 Å². The van der Waals surface area contributed by atoms with Crippen LogP contribution in [0.1, 0.15) is 27.4 Å². The number of nitrogens with zero attached hydrogens (tertiary/aromatic N) is 3. The van der Waals surface area contributed by atoms with Gasteiger partial charge in [0.15, 0.2) is 0 Å². The standard InChI is InChI=1S/C22H17F3N4O2/c1-14-19(13-29-11-3-10-26-29)28-21(31-14)15-6-8-18(9-7-15)27-20(30)16-4-2-5-17(12-16)22(23,24)25/h2-12H,13H2,1H3,(H,27,30). The van der Waals surface area contributed by atoms with Gasteiger partial charge in [-0.25, -0.2) is 4.98 Å². The first-order valence-electron chi connectivity index (χ1n) is 9.32. The lowest BCUT2D eigenvalue weighted by atomic mass is 10.1. The molecule has 0 aliphatic carbocycles. The minimum Gasteiger partial charge on any atom is -0.441 e. The minimum atomic E-state index is -4.51. The first kappa shape index (κ1) is 20.4. The van der Waals surface area contributed by atoms with Crippen molar-refractivity contribution in [2.75, 3.05) is 5.32 Å². The van der Waals surface area contributed by atoms with E-state index in [1.54, 1.807) is 35.1 Å². The lowest BCUT2D eigenvalue weighted by molar-refractivity contribution is -0.137. The number of carbonyl (C=O) groups excluding carboxylic acids is 1. The number of hydrogen-bond acceptors (Lipinski definition) is 4. The van der Waals surface area contributed by atoms with Crippen LogP contribution in [0.5, 0.6) is 0 Å². The molecule has 0 atom stereocenters. The Kier molecular flexibility index (Phi) is 5.33.